The van der Waals surface area contributed by atoms with Crippen LogP contribution in [-0.2, 0) is 0 Å². The van der Waals surface area contributed by atoms with Gasteiger partial charge >= 0.3 is 0 Å². The second-order valence-electron chi connectivity index (χ2n) is 3.78. The van der Waals surface area contributed by atoms with E-state index in [-0.39, 0.29) is 9.04 Å². The number of hydrogen-bond acceptors (Lipinski definition) is 0. The Morgan fingerprint density at radius 3 is 1.47 bits per heavy atom. The minimum absolute atomic E-state index is 0.0703. The lowest BCUT2D eigenvalue weighted by Crippen LogP contribution is -2.46. The average Bonchev–Trinajstić information content (AvgIpc) is 2.33. The summed E-state index contributed by atoms with van der Waals surface area (Å²) in [5.41, 5.74) is 0. The molecule has 15 heavy (non-hydrogen) atoms. The Bertz CT molecular complexity index is 358. The fourth-order valence-electron chi connectivity index (χ4n) is 2.03. The molecule has 2 aromatic carbocycles. The summed E-state index contributed by atoms with van der Waals surface area (Å²) in [6.07, 6.45) is 0. The molecule has 0 saturated carbocycles. The fourth-order valence-corrected chi connectivity index (χ4v) is 9.20. The topological polar surface area (TPSA) is 0 Å². The quantitative estimate of drug-likeness (QED) is 0.680. The fraction of sp³-hybridized carbons (Fsp3) is 0.0769. The lowest BCUT2D eigenvalue weighted by atomic mass is 10.4. The van der Waals surface area contributed by atoms with E-state index in [9.17, 15) is 0 Å². The van der Waals surface area contributed by atoms with Crippen molar-refractivity contribution in [2.24, 2.45) is 0 Å². The molecular weight excluding hydrogens is 212 g/mol. The summed E-state index contributed by atoms with van der Waals surface area (Å²) in [6, 6.07) is 22.1. The molecule has 2 heteroatoms. The van der Waals surface area contributed by atoms with Crippen LogP contribution in [-0.4, -0.2) is 17.4 Å². The summed E-state index contributed by atoms with van der Waals surface area (Å²) in [5.74, 6) is 0. The highest BCUT2D eigenvalue weighted by Gasteiger charge is 2.12. The summed E-state index contributed by atoms with van der Waals surface area (Å²) in [4.78, 5) is 0. The molecule has 0 aromatic heterocycles. The van der Waals surface area contributed by atoms with Crippen LogP contribution < -0.4 is 10.4 Å². The molecule has 0 spiro atoms. The standard InChI is InChI=1S/C13H16Si2/c1-14-15(12-8-4-2-5-9-12)13-10-6-3-7-11-13/h2-11,15H,14H2,1H3. The molecule has 0 bridgehead atoms. The molecule has 0 aliphatic rings. The lowest BCUT2D eigenvalue weighted by molar-refractivity contribution is 1.74. The predicted octanol–water partition coefficient (Wildman–Crippen LogP) is 0.742. The maximum Gasteiger partial charge on any atom is 0.0887 e. The molecule has 0 nitrogen and oxygen atoms in total. The maximum absolute atomic E-state index is 2.44. The van der Waals surface area contributed by atoms with Crippen molar-refractivity contribution in [2.75, 3.05) is 0 Å². The third-order valence-electron chi connectivity index (χ3n) is 2.81. The van der Waals surface area contributed by atoms with E-state index in [1.807, 2.05) is 0 Å². The monoisotopic (exact) mass is 228 g/mol. The highest BCUT2D eigenvalue weighted by Crippen LogP contribution is 1.91. The van der Waals surface area contributed by atoms with Gasteiger partial charge in [-0.1, -0.05) is 77.6 Å². The first-order valence-corrected chi connectivity index (χ1v) is 11.3. The Morgan fingerprint density at radius 2 is 1.13 bits per heavy atom. The molecule has 0 saturated heterocycles. The Morgan fingerprint density at radius 1 is 0.733 bits per heavy atom. The van der Waals surface area contributed by atoms with Crippen molar-refractivity contribution in [2.45, 2.75) is 6.55 Å². The zero-order valence-corrected chi connectivity index (χ0v) is 11.6. The molecule has 2 aromatic rings. The van der Waals surface area contributed by atoms with Crippen molar-refractivity contribution in [1.29, 1.82) is 0 Å². The third-order valence-corrected chi connectivity index (χ3v) is 11.3. The highest BCUT2D eigenvalue weighted by atomic mass is 29.2. The molecule has 0 heterocycles. The van der Waals surface area contributed by atoms with Gasteiger partial charge in [0.25, 0.3) is 0 Å². The Balaban J connectivity index is 2.34. The van der Waals surface area contributed by atoms with Gasteiger partial charge < -0.3 is 0 Å². The van der Waals surface area contributed by atoms with Crippen molar-refractivity contribution in [3.63, 3.8) is 0 Å². The minimum atomic E-state index is -0.791. The van der Waals surface area contributed by atoms with Crippen LogP contribution in [0, 0.1) is 0 Å². The van der Waals surface area contributed by atoms with Gasteiger partial charge in [-0.25, -0.2) is 0 Å². The van der Waals surface area contributed by atoms with Gasteiger partial charge in [0.05, 0.1) is 8.31 Å². The van der Waals surface area contributed by atoms with Crippen LogP contribution in [0.2, 0.25) is 6.55 Å². The van der Waals surface area contributed by atoms with E-state index < -0.39 is 8.31 Å². The SMILES string of the molecule is C[SiH2][SiH](c1ccccc1)c1ccccc1. The van der Waals surface area contributed by atoms with Gasteiger partial charge in [0.1, 0.15) is 0 Å². The molecule has 76 valence electrons. The molecule has 2 rings (SSSR count). The molecule has 0 amide bonds. The van der Waals surface area contributed by atoms with Crippen LogP contribution >= 0.6 is 0 Å². The predicted molar refractivity (Wildman–Crippen MR) is 73.7 cm³/mol. The second kappa shape index (κ2) is 5.10. The molecule has 0 unspecified atom stereocenters. The number of hydrogen-bond donors (Lipinski definition) is 0. The van der Waals surface area contributed by atoms with Gasteiger partial charge in [0, 0.05) is 9.04 Å². The van der Waals surface area contributed by atoms with Gasteiger partial charge in [0.2, 0.25) is 0 Å². The summed E-state index contributed by atoms with van der Waals surface area (Å²) in [6.45, 7) is 2.44. The van der Waals surface area contributed by atoms with Crippen LogP contribution in [0.25, 0.3) is 0 Å². The van der Waals surface area contributed by atoms with Crippen LogP contribution in [0.4, 0.5) is 0 Å². The van der Waals surface area contributed by atoms with Crippen LogP contribution in [0.5, 0.6) is 0 Å². The minimum Gasteiger partial charge on any atom is -0.0763 e. The molecule has 0 fully saturated rings. The van der Waals surface area contributed by atoms with Crippen LogP contribution in [0.15, 0.2) is 60.7 Å². The van der Waals surface area contributed by atoms with E-state index in [1.165, 1.54) is 0 Å². The van der Waals surface area contributed by atoms with Gasteiger partial charge in [-0.05, 0) is 0 Å². The summed E-state index contributed by atoms with van der Waals surface area (Å²) in [7, 11) is -0.720. The van der Waals surface area contributed by atoms with Crippen molar-refractivity contribution >= 4 is 27.7 Å². The zero-order valence-electron chi connectivity index (χ0n) is 9.06. The van der Waals surface area contributed by atoms with Crippen molar-refractivity contribution in [3.05, 3.63) is 60.7 Å². The van der Waals surface area contributed by atoms with Crippen LogP contribution in [0.3, 0.4) is 0 Å². The highest BCUT2D eigenvalue weighted by molar-refractivity contribution is 7.25. The van der Waals surface area contributed by atoms with Crippen molar-refractivity contribution in [1.82, 2.24) is 0 Å². The number of benzene rings is 2. The molecule has 0 radical (unpaired) electrons. The first kappa shape index (κ1) is 10.4. The normalized spacial score (nSPS) is 11.3. The zero-order chi connectivity index (χ0) is 10.5. The largest absolute Gasteiger partial charge is 0.0887 e. The maximum atomic E-state index is 2.44. The van der Waals surface area contributed by atoms with Crippen molar-refractivity contribution < 1.29 is 0 Å². The van der Waals surface area contributed by atoms with Gasteiger partial charge in [0.15, 0.2) is 0 Å². The summed E-state index contributed by atoms with van der Waals surface area (Å²) in [5, 5.41) is 3.22. The van der Waals surface area contributed by atoms with E-state index in [2.05, 4.69) is 67.2 Å². The number of rotatable bonds is 3. The summed E-state index contributed by atoms with van der Waals surface area (Å²) >= 11 is 0. The molecule has 0 atom stereocenters. The smallest absolute Gasteiger partial charge is 0.0763 e. The van der Waals surface area contributed by atoms with Gasteiger partial charge in [-0.2, -0.15) is 0 Å². The van der Waals surface area contributed by atoms with E-state index in [4.69, 9.17) is 0 Å². The van der Waals surface area contributed by atoms with E-state index in [0.29, 0.717) is 0 Å². The Kier molecular flexibility index (Phi) is 3.53. The van der Waals surface area contributed by atoms with E-state index in [1.54, 1.807) is 10.4 Å². The molecule has 0 N–H and O–H groups in total. The van der Waals surface area contributed by atoms with Gasteiger partial charge in [-0.3, -0.25) is 0 Å². The van der Waals surface area contributed by atoms with Gasteiger partial charge in [-0.15, -0.1) is 0 Å². The van der Waals surface area contributed by atoms with Crippen molar-refractivity contribution in [3.8, 4) is 0 Å². The molecule has 0 aliphatic heterocycles. The Labute approximate surface area is 95.2 Å². The third kappa shape index (κ3) is 2.46. The van der Waals surface area contributed by atoms with E-state index in [0.717, 1.165) is 0 Å². The first-order chi connectivity index (χ1) is 7.42. The van der Waals surface area contributed by atoms with Crippen LogP contribution in [0.1, 0.15) is 0 Å². The Hall–Kier alpha value is -1.13. The average molecular weight is 228 g/mol. The lowest BCUT2D eigenvalue weighted by Gasteiger charge is -2.13. The molecule has 0 aliphatic carbocycles. The second-order valence-corrected chi connectivity index (χ2v) is 11.9. The first-order valence-electron chi connectivity index (χ1n) is 5.51. The summed E-state index contributed by atoms with van der Waals surface area (Å²) < 4.78 is 0. The van der Waals surface area contributed by atoms with E-state index >= 15 is 0 Å². The molecular formula is C13H16Si2.